The second-order valence-corrected chi connectivity index (χ2v) is 4.13. The highest BCUT2D eigenvalue weighted by molar-refractivity contribution is 6.01. The number of benzene rings is 1. The smallest absolute Gasteiger partial charge is 0.340 e. The summed E-state index contributed by atoms with van der Waals surface area (Å²) in [4.78, 5) is 15.2. The quantitative estimate of drug-likeness (QED) is 0.882. The number of hydrogen-bond donors (Lipinski definition) is 2. The highest BCUT2D eigenvalue weighted by Crippen LogP contribution is 2.34. The van der Waals surface area contributed by atoms with Crippen LogP contribution in [0.2, 0.25) is 0 Å². The van der Waals surface area contributed by atoms with Gasteiger partial charge in [0.25, 0.3) is 0 Å². The van der Waals surface area contributed by atoms with Crippen molar-refractivity contribution in [1.29, 1.82) is 0 Å². The highest BCUT2D eigenvalue weighted by Gasteiger charge is 2.18. The van der Waals surface area contributed by atoms with Gasteiger partial charge in [0.1, 0.15) is 17.1 Å². The minimum Gasteiger partial charge on any atom is -0.496 e. The summed E-state index contributed by atoms with van der Waals surface area (Å²) in [5.41, 5.74) is 7.84. The molecule has 0 saturated heterocycles. The molecule has 19 heavy (non-hydrogen) atoms. The van der Waals surface area contributed by atoms with Crippen LogP contribution >= 0.6 is 0 Å². The van der Waals surface area contributed by atoms with Crippen LogP contribution in [0, 0.1) is 6.92 Å². The van der Waals surface area contributed by atoms with Gasteiger partial charge in [-0.3, -0.25) is 0 Å². The zero-order valence-electron chi connectivity index (χ0n) is 10.7. The molecule has 0 atom stereocenters. The van der Waals surface area contributed by atoms with Crippen molar-refractivity contribution in [3.8, 4) is 16.9 Å². The van der Waals surface area contributed by atoms with Crippen LogP contribution in [-0.2, 0) is 0 Å². The summed E-state index contributed by atoms with van der Waals surface area (Å²) < 4.78 is 5.28. The first-order valence-electron chi connectivity index (χ1n) is 5.67. The Labute approximate surface area is 110 Å². The predicted molar refractivity (Wildman–Crippen MR) is 72.3 cm³/mol. The summed E-state index contributed by atoms with van der Waals surface area (Å²) in [6.45, 7) is 1.92. The molecule has 1 heterocycles. The lowest BCUT2D eigenvalue weighted by molar-refractivity contribution is 0.0698. The zero-order chi connectivity index (χ0) is 14.0. The van der Waals surface area contributed by atoms with E-state index in [1.54, 1.807) is 19.2 Å². The fourth-order valence-corrected chi connectivity index (χ4v) is 1.96. The second kappa shape index (κ2) is 4.97. The highest BCUT2D eigenvalue weighted by atomic mass is 16.5. The van der Waals surface area contributed by atoms with E-state index in [0.29, 0.717) is 16.9 Å². The molecule has 0 amide bonds. The number of rotatable bonds is 3. The molecule has 1 aromatic carbocycles. The van der Waals surface area contributed by atoms with Crippen LogP contribution in [-0.4, -0.2) is 23.2 Å². The van der Waals surface area contributed by atoms with Gasteiger partial charge in [-0.05, 0) is 25.1 Å². The molecule has 0 aliphatic rings. The summed E-state index contributed by atoms with van der Waals surface area (Å²) in [6.07, 6.45) is 1.48. The molecular weight excluding hydrogens is 244 g/mol. The van der Waals surface area contributed by atoms with Crippen LogP contribution in [0.15, 0.2) is 30.5 Å². The number of aromatic nitrogens is 1. The van der Waals surface area contributed by atoms with E-state index in [9.17, 15) is 9.90 Å². The number of nitrogens with zero attached hydrogens (tertiary/aromatic N) is 1. The standard InChI is InChI=1S/C14H14N2O3/c1-8-3-4-11(19-2)10(7-8)9-5-6-16-13(15)12(9)14(17)18/h3-7H,1-2H3,(H2,15,16)(H,17,18). The Bertz CT molecular complexity index is 639. The lowest BCUT2D eigenvalue weighted by Gasteiger charge is -2.12. The van der Waals surface area contributed by atoms with Crippen LogP contribution in [0.4, 0.5) is 5.82 Å². The Morgan fingerprint density at radius 3 is 2.68 bits per heavy atom. The monoisotopic (exact) mass is 258 g/mol. The van der Waals surface area contributed by atoms with Crippen LogP contribution in [0.5, 0.6) is 5.75 Å². The number of carboxylic acids is 1. The van der Waals surface area contributed by atoms with Gasteiger partial charge >= 0.3 is 5.97 Å². The molecule has 2 aromatic rings. The number of ether oxygens (including phenoxy) is 1. The topological polar surface area (TPSA) is 85.4 Å². The number of pyridine rings is 1. The van der Waals surface area contributed by atoms with E-state index in [1.165, 1.54) is 6.20 Å². The number of anilines is 1. The molecule has 2 rings (SSSR count). The van der Waals surface area contributed by atoms with Gasteiger partial charge in [-0.15, -0.1) is 0 Å². The molecule has 0 aliphatic heterocycles. The van der Waals surface area contributed by atoms with Crippen molar-refractivity contribution in [3.63, 3.8) is 0 Å². The summed E-state index contributed by atoms with van der Waals surface area (Å²) in [5, 5.41) is 9.28. The van der Waals surface area contributed by atoms with Gasteiger partial charge in [-0.25, -0.2) is 9.78 Å². The Balaban J connectivity index is 2.75. The van der Waals surface area contributed by atoms with Crippen LogP contribution in [0.3, 0.4) is 0 Å². The largest absolute Gasteiger partial charge is 0.496 e. The Morgan fingerprint density at radius 1 is 1.32 bits per heavy atom. The molecule has 0 radical (unpaired) electrons. The summed E-state index contributed by atoms with van der Waals surface area (Å²) in [7, 11) is 1.54. The van der Waals surface area contributed by atoms with Crippen LogP contribution < -0.4 is 10.5 Å². The molecule has 0 spiro atoms. The summed E-state index contributed by atoms with van der Waals surface area (Å²) in [6, 6.07) is 7.18. The number of nitrogen functional groups attached to an aromatic ring is 1. The van der Waals surface area contributed by atoms with E-state index in [2.05, 4.69) is 4.98 Å². The maximum Gasteiger partial charge on any atom is 0.340 e. The van der Waals surface area contributed by atoms with E-state index >= 15 is 0 Å². The molecule has 0 aliphatic carbocycles. The van der Waals surface area contributed by atoms with Gasteiger partial charge in [0.2, 0.25) is 0 Å². The number of hydrogen-bond acceptors (Lipinski definition) is 4. The molecule has 0 bridgehead atoms. The molecule has 1 aromatic heterocycles. The SMILES string of the molecule is COc1ccc(C)cc1-c1ccnc(N)c1C(=O)O. The molecule has 3 N–H and O–H groups in total. The number of carbonyl (C=O) groups is 1. The zero-order valence-corrected chi connectivity index (χ0v) is 10.7. The van der Waals surface area contributed by atoms with Crippen molar-refractivity contribution in [2.75, 3.05) is 12.8 Å². The van der Waals surface area contributed by atoms with Gasteiger partial charge in [0, 0.05) is 17.3 Å². The van der Waals surface area contributed by atoms with E-state index in [0.717, 1.165) is 5.56 Å². The first-order valence-corrected chi connectivity index (χ1v) is 5.67. The normalized spacial score (nSPS) is 10.2. The maximum absolute atomic E-state index is 11.3. The molecule has 0 unspecified atom stereocenters. The minimum absolute atomic E-state index is 0.00596. The molecule has 0 fully saturated rings. The third-order valence-corrected chi connectivity index (χ3v) is 2.84. The fourth-order valence-electron chi connectivity index (χ4n) is 1.96. The first kappa shape index (κ1) is 12.9. The van der Waals surface area contributed by atoms with Gasteiger partial charge in [0.15, 0.2) is 0 Å². The van der Waals surface area contributed by atoms with Gasteiger partial charge in [-0.2, -0.15) is 0 Å². The number of methoxy groups -OCH3 is 1. The third kappa shape index (κ3) is 2.35. The van der Waals surface area contributed by atoms with Crippen molar-refractivity contribution < 1.29 is 14.6 Å². The summed E-state index contributed by atoms with van der Waals surface area (Å²) >= 11 is 0. The average molecular weight is 258 g/mol. The Hall–Kier alpha value is -2.56. The summed E-state index contributed by atoms with van der Waals surface area (Å²) in [5.74, 6) is -0.517. The maximum atomic E-state index is 11.3. The van der Waals surface area contributed by atoms with E-state index in [4.69, 9.17) is 10.5 Å². The van der Waals surface area contributed by atoms with E-state index in [-0.39, 0.29) is 11.4 Å². The van der Waals surface area contributed by atoms with E-state index < -0.39 is 5.97 Å². The van der Waals surface area contributed by atoms with Crippen molar-refractivity contribution >= 4 is 11.8 Å². The number of aryl methyl sites for hydroxylation is 1. The Morgan fingerprint density at radius 2 is 2.05 bits per heavy atom. The third-order valence-electron chi connectivity index (χ3n) is 2.84. The number of carboxylic acid groups (broad SMARTS) is 1. The minimum atomic E-state index is -1.11. The molecule has 5 heteroatoms. The Kier molecular flexibility index (Phi) is 3.37. The van der Waals surface area contributed by atoms with Crippen LogP contribution in [0.1, 0.15) is 15.9 Å². The van der Waals surface area contributed by atoms with Crippen molar-refractivity contribution in [2.45, 2.75) is 6.92 Å². The fraction of sp³-hybridized carbons (Fsp3) is 0.143. The average Bonchev–Trinajstić information content (AvgIpc) is 2.37. The second-order valence-electron chi connectivity index (χ2n) is 4.13. The van der Waals surface area contributed by atoms with Crippen LogP contribution in [0.25, 0.3) is 11.1 Å². The first-order chi connectivity index (χ1) is 9.04. The van der Waals surface area contributed by atoms with Gasteiger partial charge < -0.3 is 15.6 Å². The lowest BCUT2D eigenvalue weighted by Crippen LogP contribution is -2.07. The molecular formula is C14H14N2O3. The van der Waals surface area contributed by atoms with Crippen molar-refractivity contribution in [1.82, 2.24) is 4.98 Å². The molecule has 0 saturated carbocycles. The molecule has 5 nitrogen and oxygen atoms in total. The van der Waals surface area contributed by atoms with Gasteiger partial charge in [-0.1, -0.05) is 11.6 Å². The number of nitrogens with two attached hydrogens (primary N) is 1. The number of aromatic carboxylic acids is 1. The lowest BCUT2D eigenvalue weighted by atomic mass is 9.98. The molecule has 98 valence electrons. The van der Waals surface area contributed by atoms with Gasteiger partial charge in [0.05, 0.1) is 7.11 Å². The van der Waals surface area contributed by atoms with E-state index in [1.807, 2.05) is 19.1 Å². The van der Waals surface area contributed by atoms with Crippen molar-refractivity contribution in [2.24, 2.45) is 0 Å². The predicted octanol–water partition coefficient (Wildman–Crippen LogP) is 2.35. The van der Waals surface area contributed by atoms with Crippen molar-refractivity contribution in [3.05, 3.63) is 41.6 Å².